The fourth-order valence-electron chi connectivity index (χ4n) is 1.81. The Morgan fingerprint density at radius 3 is 2.64 bits per heavy atom. The summed E-state index contributed by atoms with van der Waals surface area (Å²) in [5.41, 5.74) is 1.97. The highest BCUT2D eigenvalue weighted by Gasteiger charge is 2.16. The molecule has 0 bridgehead atoms. The van der Waals surface area contributed by atoms with E-state index in [2.05, 4.69) is 17.4 Å². The highest BCUT2D eigenvalue weighted by atomic mass is 35.5. The maximum atomic E-state index is 9.10. The predicted molar refractivity (Wildman–Crippen MR) is 80.6 cm³/mol. The first-order valence-corrected chi connectivity index (χ1v) is 7.33. The molecule has 1 aromatic rings. The lowest BCUT2D eigenvalue weighted by Crippen LogP contribution is -2.23. The van der Waals surface area contributed by atoms with Crippen LogP contribution in [0.3, 0.4) is 0 Å². The van der Waals surface area contributed by atoms with E-state index in [1.165, 1.54) is 6.42 Å². The van der Waals surface area contributed by atoms with Crippen molar-refractivity contribution in [3.63, 3.8) is 0 Å². The van der Waals surface area contributed by atoms with E-state index in [4.69, 9.17) is 35.9 Å². The van der Waals surface area contributed by atoms with Gasteiger partial charge in [-0.1, -0.05) is 30.1 Å². The number of aryl methyl sites for hydroxylation is 1. The summed E-state index contributed by atoms with van der Waals surface area (Å²) < 4.78 is 5.30. The highest BCUT2D eigenvalue weighted by molar-refractivity contribution is 6.32. The third-order valence-electron chi connectivity index (χ3n) is 2.98. The van der Waals surface area contributed by atoms with Crippen molar-refractivity contribution in [2.45, 2.75) is 32.6 Å². The molecule has 0 saturated heterocycles. The molecule has 3 N–H and O–H groups in total. The summed E-state index contributed by atoms with van der Waals surface area (Å²) in [6, 6.07) is 2.01. The van der Waals surface area contributed by atoms with Gasteiger partial charge in [0.1, 0.15) is 11.5 Å². The first-order valence-electron chi connectivity index (χ1n) is 6.96. The lowest BCUT2D eigenvalue weighted by Gasteiger charge is -2.14. The summed E-state index contributed by atoms with van der Waals surface area (Å²) in [6.45, 7) is 3.91. The fraction of sp³-hybridized carbons (Fsp3) is 0.500. The Kier molecular flexibility index (Phi) is 7.62. The van der Waals surface area contributed by atoms with E-state index in [1.807, 2.05) is 6.07 Å². The van der Waals surface area contributed by atoms with Crippen molar-refractivity contribution in [1.82, 2.24) is 10.5 Å². The molecular formula is C14H19ClN2O5. The van der Waals surface area contributed by atoms with Gasteiger partial charge in [0.15, 0.2) is 0 Å². The number of nitrogens with zero attached hydrogens (tertiary/aromatic N) is 1. The van der Waals surface area contributed by atoms with Gasteiger partial charge in [-0.3, -0.25) is 0 Å². The van der Waals surface area contributed by atoms with Gasteiger partial charge in [-0.2, -0.15) is 0 Å². The average molecular weight is 331 g/mol. The van der Waals surface area contributed by atoms with Crippen LogP contribution in [0, 0.1) is 0 Å². The first-order chi connectivity index (χ1) is 10.5. The Hall–Kier alpha value is -1.86. The largest absolute Gasteiger partial charge is 0.473 e. The molecule has 1 aliphatic rings. The van der Waals surface area contributed by atoms with Gasteiger partial charge in [-0.15, -0.1) is 0 Å². The zero-order chi connectivity index (χ0) is 16.5. The molecule has 0 atom stereocenters. The molecule has 0 fully saturated rings. The maximum Gasteiger partial charge on any atom is 0.414 e. The minimum Gasteiger partial charge on any atom is -0.473 e. The minimum absolute atomic E-state index is 0.790. The van der Waals surface area contributed by atoms with Gasteiger partial charge < -0.3 is 20.1 Å². The third kappa shape index (κ3) is 5.87. The Balaban J connectivity index is 0.000000346. The molecule has 2 heterocycles. The van der Waals surface area contributed by atoms with Crippen molar-refractivity contribution in [2.24, 2.45) is 0 Å². The lowest BCUT2D eigenvalue weighted by atomic mass is 10.1. The molecule has 8 heteroatoms. The second kappa shape index (κ2) is 9.22. The number of carboxylic acid groups (broad SMARTS) is 2. The SMILES string of the molecule is CCCCc1cc(C2=C(Cl)CCNC2)no1.O=C(O)C(=O)O. The molecule has 0 amide bonds. The number of aliphatic carboxylic acids is 2. The summed E-state index contributed by atoms with van der Waals surface area (Å²) >= 11 is 6.19. The average Bonchev–Trinajstić information content (AvgIpc) is 2.94. The van der Waals surface area contributed by atoms with E-state index in [-0.39, 0.29) is 0 Å². The van der Waals surface area contributed by atoms with Gasteiger partial charge >= 0.3 is 11.9 Å². The molecule has 122 valence electrons. The van der Waals surface area contributed by atoms with Crippen LogP contribution >= 0.6 is 11.6 Å². The summed E-state index contributed by atoms with van der Waals surface area (Å²) in [5, 5.41) is 23.1. The van der Waals surface area contributed by atoms with E-state index >= 15 is 0 Å². The van der Waals surface area contributed by atoms with Gasteiger partial charge in [0.25, 0.3) is 0 Å². The van der Waals surface area contributed by atoms with Crippen molar-refractivity contribution in [1.29, 1.82) is 0 Å². The lowest BCUT2D eigenvalue weighted by molar-refractivity contribution is -0.159. The second-order valence-electron chi connectivity index (χ2n) is 4.70. The molecule has 7 nitrogen and oxygen atoms in total. The minimum atomic E-state index is -1.82. The van der Waals surface area contributed by atoms with Crippen LogP contribution in [0.2, 0.25) is 0 Å². The molecule has 1 aliphatic heterocycles. The van der Waals surface area contributed by atoms with E-state index in [0.717, 1.165) is 54.4 Å². The second-order valence-corrected chi connectivity index (χ2v) is 5.16. The van der Waals surface area contributed by atoms with Crippen molar-refractivity contribution >= 4 is 29.1 Å². The molecule has 0 radical (unpaired) electrons. The predicted octanol–water partition coefficient (Wildman–Crippen LogP) is 2.12. The molecular weight excluding hydrogens is 312 g/mol. The van der Waals surface area contributed by atoms with E-state index in [1.54, 1.807) is 0 Å². The molecule has 0 aliphatic carbocycles. The zero-order valence-electron chi connectivity index (χ0n) is 12.3. The van der Waals surface area contributed by atoms with Crippen LogP contribution in [0.5, 0.6) is 0 Å². The number of nitrogens with one attached hydrogen (secondary N) is 1. The number of halogens is 1. The quantitative estimate of drug-likeness (QED) is 0.724. The topological polar surface area (TPSA) is 113 Å². The first kappa shape index (κ1) is 18.2. The van der Waals surface area contributed by atoms with Crippen molar-refractivity contribution in [3.05, 3.63) is 22.6 Å². The van der Waals surface area contributed by atoms with Crippen LogP contribution in [0.1, 0.15) is 37.6 Å². The summed E-state index contributed by atoms with van der Waals surface area (Å²) in [7, 11) is 0. The summed E-state index contributed by atoms with van der Waals surface area (Å²) in [5.74, 6) is -2.69. The van der Waals surface area contributed by atoms with Gasteiger partial charge in [-0.05, 0) is 12.8 Å². The Morgan fingerprint density at radius 1 is 1.41 bits per heavy atom. The zero-order valence-corrected chi connectivity index (χ0v) is 13.0. The van der Waals surface area contributed by atoms with E-state index < -0.39 is 11.9 Å². The van der Waals surface area contributed by atoms with E-state index in [9.17, 15) is 0 Å². The Morgan fingerprint density at radius 2 is 2.09 bits per heavy atom. The van der Waals surface area contributed by atoms with Gasteiger partial charge in [0.05, 0.1) is 0 Å². The van der Waals surface area contributed by atoms with Gasteiger partial charge in [0.2, 0.25) is 0 Å². The van der Waals surface area contributed by atoms with Crippen LogP contribution in [0.25, 0.3) is 5.57 Å². The molecule has 1 aromatic heterocycles. The molecule has 0 saturated carbocycles. The third-order valence-corrected chi connectivity index (χ3v) is 3.40. The van der Waals surface area contributed by atoms with Crippen molar-refractivity contribution in [2.75, 3.05) is 13.1 Å². The van der Waals surface area contributed by atoms with Gasteiger partial charge in [0, 0.05) is 36.2 Å². The fourth-order valence-corrected chi connectivity index (χ4v) is 2.07. The normalized spacial score (nSPS) is 14.3. The monoisotopic (exact) mass is 330 g/mol. The van der Waals surface area contributed by atoms with Crippen molar-refractivity contribution in [3.8, 4) is 0 Å². The maximum absolute atomic E-state index is 9.10. The summed E-state index contributed by atoms with van der Waals surface area (Å²) in [4.78, 5) is 18.2. The van der Waals surface area contributed by atoms with Crippen LogP contribution in [-0.2, 0) is 16.0 Å². The highest BCUT2D eigenvalue weighted by Crippen LogP contribution is 2.25. The number of unbranched alkanes of at least 4 members (excludes halogenated alkanes) is 1. The number of hydrogen-bond acceptors (Lipinski definition) is 5. The Bertz CT molecular complexity index is 541. The number of carboxylic acids is 2. The number of aromatic nitrogens is 1. The van der Waals surface area contributed by atoms with Crippen LogP contribution in [-0.4, -0.2) is 40.4 Å². The van der Waals surface area contributed by atoms with Crippen molar-refractivity contribution < 1.29 is 24.3 Å². The van der Waals surface area contributed by atoms with E-state index in [0.29, 0.717) is 0 Å². The molecule has 22 heavy (non-hydrogen) atoms. The molecule has 0 aromatic carbocycles. The molecule has 0 spiro atoms. The standard InChI is InChI=1S/C12H17ClN2O.C2H2O4/c1-2-3-4-9-7-12(15-16-9)10-8-14-6-5-11(10)13;3-1(4)2(5)6/h7,14H,2-6,8H2,1H3;(H,3,4)(H,5,6). The molecule has 0 unspecified atom stereocenters. The van der Waals surface area contributed by atoms with Gasteiger partial charge in [-0.25, -0.2) is 9.59 Å². The van der Waals surface area contributed by atoms with Crippen LogP contribution < -0.4 is 5.32 Å². The van der Waals surface area contributed by atoms with Crippen LogP contribution in [0.15, 0.2) is 15.6 Å². The summed E-state index contributed by atoms with van der Waals surface area (Å²) in [6.07, 6.45) is 4.15. The number of hydrogen-bond donors (Lipinski definition) is 3. The van der Waals surface area contributed by atoms with Crippen LogP contribution in [0.4, 0.5) is 0 Å². The smallest absolute Gasteiger partial charge is 0.414 e. The molecule has 2 rings (SSSR count). The number of rotatable bonds is 4. The number of carbonyl (C=O) groups is 2. The Labute approximate surface area is 132 Å².